The van der Waals surface area contributed by atoms with Crippen LogP contribution in [0.3, 0.4) is 0 Å². The third-order valence-corrected chi connectivity index (χ3v) is 8.62. The van der Waals surface area contributed by atoms with Crippen molar-refractivity contribution in [2.75, 3.05) is 0 Å². The van der Waals surface area contributed by atoms with Crippen molar-refractivity contribution in [3.8, 4) is 5.69 Å². The molecule has 2 heterocycles. The van der Waals surface area contributed by atoms with Gasteiger partial charge in [-0.1, -0.05) is 72.3 Å². The van der Waals surface area contributed by atoms with Crippen molar-refractivity contribution >= 4 is 29.6 Å². The van der Waals surface area contributed by atoms with Gasteiger partial charge in [0.25, 0.3) is 11.8 Å². The zero-order valence-corrected chi connectivity index (χ0v) is 21.2. The summed E-state index contributed by atoms with van der Waals surface area (Å²) in [5, 5.41) is 6.27. The summed E-state index contributed by atoms with van der Waals surface area (Å²) in [6, 6.07) is 26.1. The van der Waals surface area contributed by atoms with Gasteiger partial charge in [-0.3, -0.25) is 9.59 Å². The van der Waals surface area contributed by atoms with E-state index >= 15 is 0 Å². The number of benzene rings is 3. The van der Waals surface area contributed by atoms with Crippen molar-refractivity contribution in [3.63, 3.8) is 0 Å². The standard InChI is InChI=1S/C31H24ClN3O2/c1-17-15-19(18(2)34(17)25-14-8-7-13-24(25)32)16-33-35-30(36)28-26-20-9-3-4-10-21(20)27(29(28)31(35)37)23-12-6-5-11-22(23)26/h3-16,26-29H,1-2H3/b33-16-/t26?,27?,28-,29+. The monoisotopic (exact) mass is 505 g/mol. The van der Waals surface area contributed by atoms with Crippen molar-refractivity contribution < 1.29 is 9.59 Å². The highest BCUT2D eigenvalue weighted by molar-refractivity contribution is 6.32. The molecule has 6 heteroatoms. The van der Waals surface area contributed by atoms with E-state index in [1.54, 1.807) is 6.21 Å². The van der Waals surface area contributed by atoms with E-state index in [4.69, 9.17) is 11.6 Å². The molecule has 2 amide bonds. The molecule has 0 unspecified atom stereocenters. The summed E-state index contributed by atoms with van der Waals surface area (Å²) in [6.45, 7) is 3.99. The van der Waals surface area contributed by atoms with E-state index in [0.29, 0.717) is 5.02 Å². The molecular formula is C31H24ClN3O2. The van der Waals surface area contributed by atoms with E-state index in [0.717, 1.165) is 49.9 Å². The molecule has 5 nitrogen and oxygen atoms in total. The third-order valence-electron chi connectivity index (χ3n) is 8.30. The number of carbonyl (C=O) groups is 2. The summed E-state index contributed by atoms with van der Waals surface area (Å²) in [5.41, 5.74) is 8.26. The summed E-state index contributed by atoms with van der Waals surface area (Å²) >= 11 is 6.46. The minimum Gasteiger partial charge on any atom is -0.316 e. The number of halogens is 1. The number of amides is 2. The maximum absolute atomic E-state index is 13.8. The molecule has 4 aromatic rings. The van der Waals surface area contributed by atoms with Crippen molar-refractivity contribution in [2.24, 2.45) is 16.9 Å². The van der Waals surface area contributed by atoms with Crippen LogP contribution in [0.2, 0.25) is 5.02 Å². The lowest BCUT2D eigenvalue weighted by atomic mass is 9.55. The number of hydrogen-bond donors (Lipinski definition) is 0. The first-order valence-corrected chi connectivity index (χ1v) is 12.9. The molecule has 2 atom stereocenters. The van der Waals surface area contributed by atoms with Gasteiger partial charge in [-0.15, -0.1) is 0 Å². The Hall–Kier alpha value is -3.96. The second-order valence-electron chi connectivity index (χ2n) is 10.1. The van der Waals surface area contributed by atoms with Gasteiger partial charge in [0, 0.05) is 28.8 Å². The fourth-order valence-corrected chi connectivity index (χ4v) is 7.04. The topological polar surface area (TPSA) is 54.7 Å². The molecule has 0 spiro atoms. The van der Waals surface area contributed by atoms with Crippen molar-refractivity contribution in [3.05, 3.63) is 123 Å². The average molecular weight is 506 g/mol. The third kappa shape index (κ3) is 3.01. The number of hydrazone groups is 1. The van der Waals surface area contributed by atoms with Crippen LogP contribution in [0.25, 0.3) is 5.69 Å². The van der Waals surface area contributed by atoms with Gasteiger partial charge in [-0.2, -0.15) is 10.1 Å². The van der Waals surface area contributed by atoms with Gasteiger partial charge in [0.05, 0.1) is 28.8 Å². The summed E-state index contributed by atoms with van der Waals surface area (Å²) < 4.78 is 2.06. The quantitative estimate of drug-likeness (QED) is 0.254. The summed E-state index contributed by atoms with van der Waals surface area (Å²) in [5.74, 6) is -1.57. The Balaban J connectivity index is 1.28. The first-order valence-electron chi connectivity index (χ1n) is 12.5. The molecule has 2 bridgehead atoms. The number of aryl methyl sites for hydroxylation is 1. The molecule has 0 N–H and O–H groups in total. The highest BCUT2D eigenvalue weighted by Crippen LogP contribution is 2.60. The second-order valence-corrected chi connectivity index (χ2v) is 10.5. The van der Waals surface area contributed by atoms with Crippen LogP contribution in [0.15, 0.2) is 84.0 Å². The van der Waals surface area contributed by atoms with E-state index in [-0.39, 0.29) is 23.7 Å². The Morgan fingerprint density at radius 1 is 0.757 bits per heavy atom. The fraction of sp³-hybridized carbons (Fsp3) is 0.194. The molecule has 182 valence electrons. The lowest BCUT2D eigenvalue weighted by Crippen LogP contribution is -2.41. The number of nitrogens with zero attached hydrogens (tertiary/aromatic N) is 3. The van der Waals surface area contributed by atoms with Gasteiger partial charge in [0.2, 0.25) is 0 Å². The largest absolute Gasteiger partial charge is 0.316 e. The van der Waals surface area contributed by atoms with E-state index in [1.165, 1.54) is 0 Å². The first kappa shape index (κ1) is 22.3. The number of carbonyl (C=O) groups excluding carboxylic acids is 2. The van der Waals surface area contributed by atoms with Crippen LogP contribution in [0.5, 0.6) is 0 Å². The molecule has 1 saturated heterocycles. The number of imide groups is 1. The summed E-state index contributed by atoms with van der Waals surface area (Å²) in [7, 11) is 0. The normalized spacial score (nSPS) is 23.5. The first-order chi connectivity index (χ1) is 18.0. The van der Waals surface area contributed by atoms with Crippen LogP contribution in [0.1, 0.15) is 51.0 Å². The molecule has 37 heavy (non-hydrogen) atoms. The minimum absolute atomic E-state index is 0.135. The molecular weight excluding hydrogens is 482 g/mol. The van der Waals surface area contributed by atoms with Gasteiger partial charge in [0.15, 0.2) is 0 Å². The van der Waals surface area contributed by atoms with E-state index in [9.17, 15) is 9.59 Å². The average Bonchev–Trinajstić information content (AvgIpc) is 3.34. The van der Waals surface area contributed by atoms with Gasteiger partial charge < -0.3 is 4.57 Å². The molecule has 8 rings (SSSR count). The summed E-state index contributed by atoms with van der Waals surface area (Å²) in [4.78, 5) is 27.5. The van der Waals surface area contributed by atoms with Crippen molar-refractivity contribution in [2.45, 2.75) is 25.7 Å². The Morgan fingerprint density at radius 2 is 1.24 bits per heavy atom. The fourth-order valence-electron chi connectivity index (χ4n) is 6.82. The lowest BCUT2D eigenvalue weighted by Gasteiger charge is -2.45. The Kier molecular flexibility index (Phi) is 4.82. The molecule has 1 fully saturated rings. The van der Waals surface area contributed by atoms with Crippen LogP contribution in [-0.2, 0) is 9.59 Å². The van der Waals surface area contributed by atoms with Crippen molar-refractivity contribution in [1.29, 1.82) is 0 Å². The second kappa shape index (κ2) is 8.02. The van der Waals surface area contributed by atoms with E-state index in [2.05, 4.69) is 33.9 Å². The highest BCUT2D eigenvalue weighted by atomic mass is 35.5. The van der Waals surface area contributed by atoms with Crippen LogP contribution < -0.4 is 0 Å². The van der Waals surface area contributed by atoms with Gasteiger partial charge >= 0.3 is 0 Å². The van der Waals surface area contributed by atoms with Crippen LogP contribution >= 0.6 is 11.6 Å². The SMILES string of the molecule is Cc1cc(/C=N\N2C(=O)[C@@H]3C4c5ccccc5C(c5ccccc54)[C@@H]3C2=O)c(C)n1-c1ccccc1Cl. The minimum atomic E-state index is -0.435. The summed E-state index contributed by atoms with van der Waals surface area (Å²) in [6.07, 6.45) is 1.63. The zero-order valence-electron chi connectivity index (χ0n) is 20.4. The molecule has 0 radical (unpaired) electrons. The Morgan fingerprint density at radius 3 is 1.76 bits per heavy atom. The number of hydrogen-bond acceptors (Lipinski definition) is 3. The van der Waals surface area contributed by atoms with E-state index < -0.39 is 11.8 Å². The molecule has 4 aliphatic rings. The predicted octanol–water partition coefficient (Wildman–Crippen LogP) is 5.97. The molecule has 3 aromatic carbocycles. The Labute approximate surface area is 220 Å². The predicted molar refractivity (Wildman–Crippen MR) is 143 cm³/mol. The number of rotatable bonds is 3. The highest BCUT2D eigenvalue weighted by Gasteiger charge is 2.61. The van der Waals surface area contributed by atoms with Gasteiger partial charge in [-0.05, 0) is 54.3 Å². The van der Waals surface area contributed by atoms with E-state index in [1.807, 2.05) is 68.4 Å². The molecule has 1 aliphatic heterocycles. The van der Waals surface area contributed by atoms with Crippen LogP contribution in [0, 0.1) is 25.7 Å². The lowest BCUT2D eigenvalue weighted by molar-refractivity contribution is -0.139. The number of para-hydroxylation sites is 1. The molecule has 0 saturated carbocycles. The van der Waals surface area contributed by atoms with Crippen LogP contribution in [-0.4, -0.2) is 27.6 Å². The smallest absolute Gasteiger partial charge is 0.254 e. The maximum Gasteiger partial charge on any atom is 0.254 e. The number of aromatic nitrogens is 1. The van der Waals surface area contributed by atoms with Gasteiger partial charge in [0.1, 0.15) is 0 Å². The van der Waals surface area contributed by atoms with Crippen LogP contribution in [0.4, 0.5) is 0 Å². The van der Waals surface area contributed by atoms with Gasteiger partial charge in [-0.25, -0.2) is 0 Å². The molecule has 3 aliphatic carbocycles. The zero-order chi connectivity index (χ0) is 25.4. The van der Waals surface area contributed by atoms with Crippen molar-refractivity contribution in [1.82, 2.24) is 9.58 Å². The Bertz CT molecular complexity index is 1540. The molecule has 1 aromatic heterocycles. The maximum atomic E-state index is 13.8.